The molecule has 1 aromatic carbocycles. The molecule has 0 unspecified atom stereocenters. The summed E-state index contributed by atoms with van der Waals surface area (Å²) in [5.41, 5.74) is 2.84. The van der Waals surface area contributed by atoms with Crippen molar-refractivity contribution in [2.45, 2.75) is 10.7 Å². The predicted octanol–water partition coefficient (Wildman–Crippen LogP) is 3.22. The molecule has 0 bridgehead atoms. The second-order valence-electron chi connectivity index (χ2n) is 2.62. The van der Waals surface area contributed by atoms with Crippen LogP contribution < -0.4 is 0 Å². The van der Waals surface area contributed by atoms with Gasteiger partial charge in [-0.3, -0.25) is 0 Å². The molecule has 0 spiro atoms. The van der Waals surface area contributed by atoms with Crippen LogP contribution in [0.1, 0.15) is 22.3 Å². The first-order chi connectivity index (χ1) is 6.78. The molecule has 0 saturated heterocycles. The number of nitrogens with zero attached hydrogens (tertiary/aromatic N) is 2. The second kappa shape index (κ2) is 5.14. The largest absolute Gasteiger partial charge is 0.192 e. The Morgan fingerprint density at radius 3 is 2.21 bits per heavy atom. The summed E-state index contributed by atoms with van der Waals surface area (Å²) in [6.45, 7) is 0. The summed E-state index contributed by atoms with van der Waals surface area (Å²) in [6, 6.07) is 7.75. The van der Waals surface area contributed by atoms with E-state index in [0.29, 0.717) is 21.8 Å². The first-order valence-corrected chi connectivity index (χ1v) is 6.09. The molecule has 0 N–H and O–H groups in total. The number of benzene rings is 1. The Hall–Kier alpha value is -0.840. The van der Waals surface area contributed by atoms with Crippen molar-refractivity contribution < 1.29 is 0 Å². The van der Waals surface area contributed by atoms with E-state index in [1.54, 1.807) is 12.1 Å². The Kier molecular flexibility index (Phi) is 4.13. The fourth-order valence-corrected chi connectivity index (χ4v) is 2.24. The van der Waals surface area contributed by atoms with Gasteiger partial charge in [0, 0.05) is 10.7 Å². The lowest BCUT2D eigenvalue weighted by Crippen LogP contribution is -1.96. The topological polar surface area (TPSA) is 47.6 Å². The molecule has 0 aliphatic rings. The molecule has 0 atom stereocenters. The van der Waals surface area contributed by atoms with E-state index >= 15 is 0 Å². The molecule has 0 saturated carbocycles. The molecule has 0 heterocycles. The van der Waals surface area contributed by atoms with Crippen molar-refractivity contribution in [3.8, 4) is 12.1 Å². The monoisotopic (exact) mass is 312 g/mol. The van der Waals surface area contributed by atoms with Crippen molar-refractivity contribution in [2.75, 3.05) is 0 Å². The fraction of sp³-hybridized carbons (Fsp3) is 0.200. The normalized spacial score (nSPS) is 9.14. The van der Waals surface area contributed by atoms with E-state index in [9.17, 15) is 0 Å². The maximum atomic E-state index is 8.98. The number of nitriles is 2. The second-order valence-corrected chi connectivity index (χ2v) is 3.74. The highest BCUT2D eigenvalue weighted by atomic mass is 79.9. The van der Waals surface area contributed by atoms with Crippen LogP contribution in [0.3, 0.4) is 0 Å². The Morgan fingerprint density at radius 2 is 1.79 bits per heavy atom. The zero-order valence-electron chi connectivity index (χ0n) is 7.22. The van der Waals surface area contributed by atoms with Gasteiger partial charge in [0.2, 0.25) is 0 Å². The summed E-state index contributed by atoms with van der Waals surface area (Å²) >= 11 is 6.60. The predicted molar refractivity (Wildman–Crippen MR) is 61.1 cm³/mol. The number of alkyl halides is 2. The van der Waals surface area contributed by atoms with Gasteiger partial charge in [0.05, 0.1) is 23.3 Å². The van der Waals surface area contributed by atoms with Gasteiger partial charge in [-0.1, -0.05) is 37.9 Å². The minimum atomic E-state index is 0.527. The number of hydrogen-bond donors (Lipinski definition) is 0. The molecule has 70 valence electrons. The standard InChI is InChI=1S/C10H6Br2N2/c11-3-7-1-2-8(5-13)9(4-12)10(7)6-14/h1-2H,3-4H2. The van der Waals surface area contributed by atoms with E-state index in [-0.39, 0.29) is 0 Å². The summed E-state index contributed by atoms with van der Waals surface area (Å²) in [6.07, 6.45) is 0. The Labute approximate surface area is 99.4 Å². The van der Waals surface area contributed by atoms with Crippen LogP contribution >= 0.6 is 31.9 Å². The minimum absolute atomic E-state index is 0.527. The van der Waals surface area contributed by atoms with Crippen molar-refractivity contribution in [3.05, 3.63) is 34.4 Å². The Balaban J connectivity index is 3.48. The molecular formula is C10H6Br2N2. The maximum Gasteiger partial charge on any atom is 0.0998 e. The first-order valence-electron chi connectivity index (χ1n) is 3.85. The molecule has 14 heavy (non-hydrogen) atoms. The zero-order valence-corrected chi connectivity index (χ0v) is 10.4. The third kappa shape index (κ3) is 1.97. The number of hydrogen-bond acceptors (Lipinski definition) is 2. The summed E-state index contributed by atoms with van der Waals surface area (Å²) in [5, 5.41) is 19.0. The van der Waals surface area contributed by atoms with Gasteiger partial charge >= 0.3 is 0 Å². The van der Waals surface area contributed by atoms with Gasteiger partial charge in [0.15, 0.2) is 0 Å². The molecule has 4 heteroatoms. The van der Waals surface area contributed by atoms with Gasteiger partial charge in [0.25, 0.3) is 0 Å². The van der Waals surface area contributed by atoms with E-state index < -0.39 is 0 Å². The first kappa shape index (κ1) is 11.2. The van der Waals surface area contributed by atoms with Crippen LogP contribution in [0.4, 0.5) is 0 Å². The fourth-order valence-electron chi connectivity index (χ4n) is 1.19. The third-order valence-corrected chi connectivity index (χ3v) is 3.07. The van der Waals surface area contributed by atoms with Crippen molar-refractivity contribution in [2.24, 2.45) is 0 Å². The molecule has 0 aliphatic heterocycles. The van der Waals surface area contributed by atoms with Crippen molar-refractivity contribution in [3.63, 3.8) is 0 Å². The van der Waals surface area contributed by atoms with E-state index in [4.69, 9.17) is 10.5 Å². The number of halogens is 2. The Bertz CT molecular complexity index is 427. The van der Waals surface area contributed by atoms with Crippen LogP contribution in [0.15, 0.2) is 12.1 Å². The van der Waals surface area contributed by atoms with Gasteiger partial charge in [0.1, 0.15) is 0 Å². The highest BCUT2D eigenvalue weighted by molar-refractivity contribution is 9.08. The molecule has 1 rings (SSSR count). The lowest BCUT2D eigenvalue weighted by molar-refractivity contribution is 1.27. The average molecular weight is 314 g/mol. The molecular weight excluding hydrogens is 308 g/mol. The van der Waals surface area contributed by atoms with Crippen LogP contribution in [-0.4, -0.2) is 0 Å². The molecule has 1 aromatic rings. The summed E-state index contributed by atoms with van der Waals surface area (Å²) in [4.78, 5) is 0. The zero-order chi connectivity index (χ0) is 10.6. The van der Waals surface area contributed by atoms with Gasteiger partial charge in [-0.05, 0) is 17.2 Å². The molecule has 0 aliphatic carbocycles. The van der Waals surface area contributed by atoms with Crippen molar-refractivity contribution in [1.29, 1.82) is 10.5 Å². The average Bonchev–Trinajstić information content (AvgIpc) is 2.26. The van der Waals surface area contributed by atoms with Gasteiger partial charge in [-0.15, -0.1) is 0 Å². The highest BCUT2D eigenvalue weighted by Gasteiger charge is 2.10. The van der Waals surface area contributed by atoms with Crippen LogP contribution in [0.25, 0.3) is 0 Å². The van der Waals surface area contributed by atoms with E-state index in [1.807, 2.05) is 0 Å². The van der Waals surface area contributed by atoms with Crippen LogP contribution in [0.5, 0.6) is 0 Å². The lowest BCUT2D eigenvalue weighted by Gasteiger charge is -2.06. The summed E-state index contributed by atoms with van der Waals surface area (Å²) < 4.78 is 0. The van der Waals surface area contributed by atoms with Crippen LogP contribution in [-0.2, 0) is 10.7 Å². The SMILES string of the molecule is N#Cc1ccc(CBr)c(C#N)c1CBr. The van der Waals surface area contributed by atoms with Gasteiger partial charge in [-0.2, -0.15) is 10.5 Å². The van der Waals surface area contributed by atoms with Crippen molar-refractivity contribution >= 4 is 31.9 Å². The van der Waals surface area contributed by atoms with E-state index in [2.05, 4.69) is 44.0 Å². The van der Waals surface area contributed by atoms with Gasteiger partial charge < -0.3 is 0 Å². The van der Waals surface area contributed by atoms with Gasteiger partial charge in [-0.25, -0.2) is 0 Å². The highest BCUT2D eigenvalue weighted by Crippen LogP contribution is 2.22. The number of rotatable bonds is 2. The summed E-state index contributed by atoms with van der Waals surface area (Å²) in [7, 11) is 0. The smallest absolute Gasteiger partial charge is 0.0998 e. The lowest BCUT2D eigenvalue weighted by atomic mass is 9.99. The minimum Gasteiger partial charge on any atom is -0.192 e. The maximum absolute atomic E-state index is 8.98. The molecule has 0 fully saturated rings. The quantitative estimate of drug-likeness (QED) is 0.787. The van der Waals surface area contributed by atoms with Crippen LogP contribution in [0, 0.1) is 22.7 Å². The van der Waals surface area contributed by atoms with E-state index in [1.165, 1.54) is 0 Å². The third-order valence-electron chi connectivity index (χ3n) is 1.91. The van der Waals surface area contributed by atoms with Crippen molar-refractivity contribution in [1.82, 2.24) is 0 Å². The molecule has 2 nitrogen and oxygen atoms in total. The Morgan fingerprint density at radius 1 is 1.07 bits per heavy atom. The molecule has 0 radical (unpaired) electrons. The molecule has 0 aromatic heterocycles. The van der Waals surface area contributed by atoms with E-state index in [0.717, 1.165) is 11.1 Å². The van der Waals surface area contributed by atoms with Crippen LogP contribution in [0.2, 0.25) is 0 Å². The molecule has 0 amide bonds. The summed E-state index contributed by atoms with van der Waals surface area (Å²) in [5.74, 6) is 0.